The predicted octanol–water partition coefficient (Wildman–Crippen LogP) is 3.40. The number of benzene rings is 1. The quantitative estimate of drug-likeness (QED) is 0.858. The second kappa shape index (κ2) is 5.08. The van der Waals surface area contributed by atoms with E-state index in [2.05, 4.69) is 4.98 Å². The highest BCUT2D eigenvalue weighted by Gasteiger charge is 2.09. The van der Waals surface area contributed by atoms with Crippen molar-refractivity contribution in [1.82, 2.24) is 4.98 Å². The summed E-state index contributed by atoms with van der Waals surface area (Å²) >= 11 is 12.1. The maximum atomic E-state index is 6.09. The van der Waals surface area contributed by atoms with Gasteiger partial charge in [-0.05, 0) is 30.7 Å². The number of hydrogen-bond acceptors (Lipinski definition) is 1. The van der Waals surface area contributed by atoms with Gasteiger partial charge in [0, 0.05) is 11.6 Å². The van der Waals surface area contributed by atoms with Crippen LogP contribution in [-0.2, 0) is 6.42 Å². The zero-order valence-electron chi connectivity index (χ0n) is 7.89. The van der Waals surface area contributed by atoms with Crippen LogP contribution in [0.3, 0.4) is 0 Å². The van der Waals surface area contributed by atoms with Crippen LogP contribution in [0.4, 0.5) is 0 Å². The zero-order chi connectivity index (χ0) is 10.1. The highest BCUT2D eigenvalue weighted by molar-refractivity contribution is 6.40. The fraction of sp³-hybridized carbons (Fsp3) is 0.200. The molecule has 0 atom stereocenters. The second-order valence-electron chi connectivity index (χ2n) is 3.13. The number of fused-ring (bicyclic) bond motifs is 1. The van der Waals surface area contributed by atoms with E-state index >= 15 is 0 Å². The normalized spacial score (nSPS) is 10.3. The van der Waals surface area contributed by atoms with E-state index in [-0.39, 0.29) is 12.4 Å². The van der Waals surface area contributed by atoms with Gasteiger partial charge in [0.2, 0.25) is 0 Å². The highest BCUT2D eigenvalue weighted by atomic mass is 35.5. The third-order valence-corrected chi connectivity index (χ3v) is 2.86. The lowest BCUT2D eigenvalue weighted by molar-refractivity contribution is 0.976. The number of hydrogen-bond donors (Lipinski definition) is 2. The lowest BCUT2D eigenvalue weighted by atomic mass is 10.1. The Balaban J connectivity index is 0.00000112. The maximum Gasteiger partial charge on any atom is 0.0661 e. The fourth-order valence-electron chi connectivity index (χ4n) is 1.59. The van der Waals surface area contributed by atoms with E-state index in [4.69, 9.17) is 28.9 Å². The van der Waals surface area contributed by atoms with Gasteiger partial charge in [0.25, 0.3) is 0 Å². The van der Waals surface area contributed by atoms with Gasteiger partial charge in [-0.15, -0.1) is 12.4 Å². The average molecular weight is 266 g/mol. The smallest absolute Gasteiger partial charge is 0.0661 e. The minimum Gasteiger partial charge on any atom is -0.360 e. The molecule has 82 valence electrons. The average Bonchev–Trinajstić information content (AvgIpc) is 2.58. The van der Waals surface area contributed by atoms with Crippen LogP contribution in [0, 0.1) is 0 Å². The van der Waals surface area contributed by atoms with Crippen molar-refractivity contribution in [3.05, 3.63) is 33.9 Å². The lowest BCUT2D eigenvalue weighted by Gasteiger charge is -1.99. The molecule has 0 aliphatic rings. The molecule has 0 spiro atoms. The first-order chi connectivity index (χ1) is 6.74. The van der Waals surface area contributed by atoms with Crippen LogP contribution in [-0.4, -0.2) is 11.5 Å². The van der Waals surface area contributed by atoms with Gasteiger partial charge in [0.15, 0.2) is 0 Å². The number of nitrogens with two attached hydrogens (primary N) is 1. The molecule has 2 nitrogen and oxygen atoms in total. The van der Waals surface area contributed by atoms with Crippen molar-refractivity contribution in [3.8, 4) is 0 Å². The summed E-state index contributed by atoms with van der Waals surface area (Å²) in [6.07, 6.45) is 2.72. The summed E-state index contributed by atoms with van der Waals surface area (Å²) in [5, 5.41) is 2.39. The minimum absolute atomic E-state index is 0. The van der Waals surface area contributed by atoms with Crippen LogP contribution in [0.1, 0.15) is 5.56 Å². The number of aromatic amines is 1. The lowest BCUT2D eigenvalue weighted by Crippen LogP contribution is -2.01. The largest absolute Gasteiger partial charge is 0.360 e. The van der Waals surface area contributed by atoms with Gasteiger partial charge in [-0.1, -0.05) is 23.2 Å². The van der Waals surface area contributed by atoms with E-state index in [0.717, 1.165) is 22.9 Å². The molecule has 0 aliphatic heterocycles. The Bertz CT molecular complexity index is 465. The van der Waals surface area contributed by atoms with E-state index in [1.165, 1.54) is 0 Å². The van der Waals surface area contributed by atoms with Crippen LogP contribution in [0.5, 0.6) is 0 Å². The number of halogens is 3. The third-order valence-electron chi connectivity index (χ3n) is 2.23. The topological polar surface area (TPSA) is 41.8 Å². The molecule has 0 aliphatic carbocycles. The summed E-state index contributed by atoms with van der Waals surface area (Å²) in [7, 11) is 0. The summed E-state index contributed by atoms with van der Waals surface area (Å²) in [5.41, 5.74) is 7.52. The summed E-state index contributed by atoms with van der Waals surface area (Å²) in [6, 6.07) is 3.59. The summed E-state index contributed by atoms with van der Waals surface area (Å²) in [6.45, 7) is 0.607. The first-order valence-corrected chi connectivity index (χ1v) is 5.13. The molecule has 1 aromatic carbocycles. The molecule has 0 fully saturated rings. The molecule has 0 unspecified atom stereocenters. The Morgan fingerprint density at radius 2 is 1.87 bits per heavy atom. The highest BCUT2D eigenvalue weighted by Crippen LogP contribution is 2.31. The number of H-pyrrole nitrogens is 1. The zero-order valence-corrected chi connectivity index (χ0v) is 10.2. The third kappa shape index (κ3) is 2.23. The van der Waals surface area contributed by atoms with Crippen LogP contribution in [0.15, 0.2) is 18.3 Å². The molecular weight excluding hydrogens is 254 g/mol. The van der Waals surface area contributed by atoms with Crippen LogP contribution in [0.25, 0.3) is 10.9 Å². The number of rotatable bonds is 2. The van der Waals surface area contributed by atoms with E-state index in [9.17, 15) is 0 Å². The number of nitrogens with one attached hydrogen (secondary N) is 1. The van der Waals surface area contributed by atoms with Crippen LogP contribution < -0.4 is 5.73 Å². The molecule has 5 heteroatoms. The summed E-state index contributed by atoms with van der Waals surface area (Å²) < 4.78 is 0. The van der Waals surface area contributed by atoms with Crippen molar-refractivity contribution in [3.63, 3.8) is 0 Å². The molecule has 0 radical (unpaired) electrons. The maximum absolute atomic E-state index is 6.09. The van der Waals surface area contributed by atoms with Crippen LogP contribution in [0.2, 0.25) is 10.0 Å². The Kier molecular flexibility index (Phi) is 4.29. The Hall–Kier alpha value is -0.410. The van der Waals surface area contributed by atoms with Crippen molar-refractivity contribution >= 4 is 46.5 Å². The van der Waals surface area contributed by atoms with E-state index in [1.54, 1.807) is 12.1 Å². The first kappa shape index (κ1) is 12.7. The van der Waals surface area contributed by atoms with Gasteiger partial charge in [-0.2, -0.15) is 0 Å². The van der Waals surface area contributed by atoms with Crippen molar-refractivity contribution < 1.29 is 0 Å². The van der Waals surface area contributed by atoms with E-state index in [0.29, 0.717) is 16.6 Å². The molecule has 15 heavy (non-hydrogen) atoms. The Morgan fingerprint density at radius 3 is 2.53 bits per heavy atom. The van der Waals surface area contributed by atoms with Gasteiger partial charge in [-0.3, -0.25) is 0 Å². The Morgan fingerprint density at radius 1 is 1.20 bits per heavy atom. The Labute approximate surface area is 104 Å². The van der Waals surface area contributed by atoms with E-state index < -0.39 is 0 Å². The minimum atomic E-state index is 0. The molecule has 0 saturated heterocycles. The standard InChI is InChI=1S/C10H10Cl2N2.ClH/c11-7-1-2-8(12)10-9(7)6(3-4-13)5-14-10;/h1-2,5,14H,3-4,13H2;1H. The van der Waals surface area contributed by atoms with Crippen LogP contribution >= 0.6 is 35.6 Å². The molecular formula is C10H11Cl3N2. The summed E-state index contributed by atoms with van der Waals surface area (Å²) in [5.74, 6) is 0. The molecule has 0 amide bonds. The van der Waals surface area contributed by atoms with Gasteiger partial charge >= 0.3 is 0 Å². The van der Waals surface area contributed by atoms with Crippen molar-refractivity contribution in [2.45, 2.75) is 6.42 Å². The second-order valence-corrected chi connectivity index (χ2v) is 3.95. The number of aromatic nitrogens is 1. The SMILES string of the molecule is Cl.NCCc1c[nH]c2c(Cl)ccc(Cl)c12. The molecule has 2 aromatic rings. The molecule has 1 heterocycles. The predicted molar refractivity (Wildman–Crippen MR) is 68.3 cm³/mol. The van der Waals surface area contributed by atoms with Gasteiger partial charge in [0.05, 0.1) is 15.6 Å². The van der Waals surface area contributed by atoms with E-state index in [1.807, 2.05) is 6.20 Å². The van der Waals surface area contributed by atoms with Gasteiger partial charge in [0.1, 0.15) is 0 Å². The molecule has 3 N–H and O–H groups in total. The van der Waals surface area contributed by atoms with Crippen molar-refractivity contribution in [2.75, 3.05) is 6.54 Å². The fourth-order valence-corrected chi connectivity index (χ4v) is 2.08. The molecule has 0 bridgehead atoms. The van der Waals surface area contributed by atoms with Gasteiger partial charge < -0.3 is 10.7 Å². The molecule has 0 saturated carbocycles. The molecule has 1 aromatic heterocycles. The monoisotopic (exact) mass is 264 g/mol. The van der Waals surface area contributed by atoms with Crippen molar-refractivity contribution in [1.29, 1.82) is 0 Å². The van der Waals surface area contributed by atoms with Crippen molar-refractivity contribution in [2.24, 2.45) is 5.73 Å². The summed E-state index contributed by atoms with van der Waals surface area (Å²) in [4.78, 5) is 3.11. The van der Waals surface area contributed by atoms with Gasteiger partial charge in [-0.25, -0.2) is 0 Å². The first-order valence-electron chi connectivity index (χ1n) is 4.38. The molecule has 2 rings (SSSR count).